The molecule has 3 nitrogen and oxygen atoms in total. The Morgan fingerprint density at radius 3 is 2.11 bits per heavy atom. The molecule has 152 valence electrons. The van der Waals surface area contributed by atoms with E-state index in [1.165, 1.54) is 11.1 Å². The van der Waals surface area contributed by atoms with Gasteiger partial charge in [0.25, 0.3) is 0 Å². The average Bonchev–Trinajstić information content (AvgIpc) is 2.55. The number of halogens is 2. The van der Waals surface area contributed by atoms with Crippen LogP contribution >= 0.6 is 31.9 Å². The molecule has 1 aliphatic rings. The fourth-order valence-electron chi connectivity index (χ4n) is 3.63. The molecule has 0 saturated heterocycles. The van der Waals surface area contributed by atoms with E-state index in [1.807, 2.05) is 12.1 Å². The van der Waals surface area contributed by atoms with Crippen molar-refractivity contribution >= 4 is 31.9 Å². The van der Waals surface area contributed by atoms with Crippen LogP contribution in [-0.2, 0) is 23.9 Å². The zero-order valence-corrected chi connectivity index (χ0v) is 20.7. The number of nitrogens with zero attached hydrogens (tertiary/aromatic N) is 1. The fraction of sp³-hybridized carbons (Fsp3) is 0.478. The molecule has 3 rings (SSSR count). The standard InChI is InChI=1S/C23H29Br2NO2/c1-22(2,3)18-9-16(24)7-14(20(18)27)11-26-12-15-8-17(25)10-19(23(4,5)6)21(15)28-13-26/h7-10,27H,11-13H2,1-6H3. The maximum absolute atomic E-state index is 10.9. The molecule has 2 aromatic rings. The van der Waals surface area contributed by atoms with E-state index in [-0.39, 0.29) is 10.8 Å². The SMILES string of the molecule is CC(C)(C)c1cc(Br)cc(CN2COc3c(cc(Br)cc3C(C)(C)C)C2)c1O. The van der Waals surface area contributed by atoms with Gasteiger partial charge < -0.3 is 9.84 Å². The van der Waals surface area contributed by atoms with Crippen LogP contribution in [0.2, 0.25) is 0 Å². The van der Waals surface area contributed by atoms with Gasteiger partial charge in [-0.05, 0) is 35.1 Å². The Labute approximate surface area is 185 Å². The maximum Gasteiger partial charge on any atom is 0.142 e. The van der Waals surface area contributed by atoms with Crippen LogP contribution < -0.4 is 4.74 Å². The second kappa shape index (κ2) is 7.66. The molecule has 0 saturated carbocycles. The van der Waals surface area contributed by atoms with E-state index in [4.69, 9.17) is 4.74 Å². The van der Waals surface area contributed by atoms with Crippen molar-refractivity contribution in [2.24, 2.45) is 0 Å². The van der Waals surface area contributed by atoms with E-state index in [2.05, 4.69) is 90.4 Å². The highest BCUT2D eigenvalue weighted by molar-refractivity contribution is 9.10. The highest BCUT2D eigenvalue weighted by Crippen LogP contribution is 2.41. The summed E-state index contributed by atoms with van der Waals surface area (Å²) in [5, 5.41) is 10.9. The Bertz CT molecular complexity index is 895. The van der Waals surface area contributed by atoms with Gasteiger partial charge in [-0.3, -0.25) is 4.90 Å². The van der Waals surface area contributed by atoms with Gasteiger partial charge in [-0.2, -0.15) is 0 Å². The summed E-state index contributed by atoms with van der Waals surface area (Å²) >= 11 is 7.26. The molecular weight excluding hydrogens is 482 g/mol. The van der Waals surface area contributed by atoms with Crippen molar-refractivity contribution in [2.45, 2.75) is 65.5 Å². The lowest BCUT2D eigenvalue weighted by molar-refractivity contribution is 0.0858. The minimum absolute atomic E-state index is 0.0141. The van der Waals surface area contributed by atoms with Gasteiger partial charge in [0.05, 0.1) is 0 Å². The molecule has 0 atom stereocenters. The van der Waals surface area contributed by atoms with Crippen molar-refractivity contribution in [1.82, 2.24) is 4.90 Å². The van der Waals surface area contributed by atoms with E-state index in [0.717, 1.165) is 32.4 Å². The molecule has 28 heavy (non-hydrogen) atoms. The zero-order valence-electron chi connectivity index (χ0n) is 17.5. The van der Waals surface area contributed by atoms with Crippen LogP contribution in [0.1, 0.15) is 63.8 Å². The van der Waals surface area contributed by atoms with Gasteiger partial charge in [0.2, 0.25) is 0 Å². The smallest absolute Gasteiger partial charge is 0.142 e. The summed E-state index contributed by atoms with van der Waals surface area (Å²) in [5.41, 5.74) is 4.15. The highest BCUT2D eigenvalue weighted by atomic mass is 79.9. The highest BCUT2D eigenvalue weighted by Gasteiger charge is 2.28. The van der Waals surface area contributed by atoms with Gasteiger partial charge in [-0.15, -0.1) is 0 Å². The van der Waals surface area contributed by atoms with Gasteiger partial charge in [0, 0.05) is 44.3 Å². The molecule has 0 bridgehead atoms. The molecular formula is C23H29Br2NO2. The second-order valence-corrected chi connectivity index (χ2v) is 11.5. The Balaban J connectivity index is 1.91. The third-order valence-corrected chi connectivity index (χ3v) is 6.00. The number of rotatable bonds is 2. The van der Waals surface area contributed by atoms with Gasteiger partial charge in [-0.25, -0.2) is 0 Å². The van der Waals surface area contributed by atoms with Crippen molar-refractivity contribution < 1.29 is 9.84 Å². The summed E-state index contributed by atoms with van der Waals surface area (Å²) in [4.78, 5) is 2.22. The molecule has 0 fully saturated rings. The van der Waals surface area contributed by atoms with Crippen molar-refractivity contribution in [3.8, 4) is 11.5 Å². The second-order valence-electron chi connectivity index (χ2n) is 9.66. The van der Waals surface area contributed by atoms with Gasteiger partial charge >= 0.3 is 0 Å². The molecule has 5 heteroatoms. The Kier molecular flexibility index (Phi) is 5.92. The molecule has 1 N–H and O–H groups in total. The lowest BCUT2D eigenvalue weighted by Gasteiger charge is -2.34. The normalized spacial score (nSPS) is 15.3. The molecule has 0 aromatic heterocycles. The van der Waals surface area contributed by atoms with Crippen LogP contribution in [0.3, 0.4) is 0 Å². The number of benzene rings is 2. The fourth-order valence-corrected chi connectivity index (χ4v) is 4.64. The minimum atomic E-state index is -0.125. The van der Waals surface area contributed by atoms with E-state index in [1.54, 1.807) is 0 Å². The van der Waals surface area contributed by atoms with Crippen LogP contribution in [0.15, 0.2) is 33.2 Å². The average molecular weight is 511 g/mol. The van der Waals surface area contributed by atoms with Crippen molar-refractivity contribution in [3.63, 3.8) is 0 Å². The molecule has 1 heterocycles. The number of ether oxygens (including phenoxy) is 1. The maximum atomic E-state index is 10.9. The minimum Gasteiger partial charge on any atom is -0.507 e. The zero-order chi connectivity index (χ0) is 20.9. The largest absolute Gasteiger partial charge is 0.507 e. The summed E-state index contributed by atoms with van der Waals surface area (Å²) in [6, 6.07) is 8.30. The van der Waals surface area contributed by atoms with Crippen LogP contribution in [-0.4, -0.2) is 16.7 Å². The summed E-state index contributed by atoms with van der Waals surface area (Å²) in [6.45, 7) is 14.9. The molecule has 0 radical (unpaired) electrons. The lowest BCUT2D eigenvalue weighted by Crippen LogP contribution is -2.33. The lowest BCUT2D eigenvalue weighted by atomic mass is 9.84. The number of phenolic OH excluding ortho intramolecular Hbond substituents is 1. The Morgan fingerprint density at radius 2 is 1.50 bits per heavy atom. The molecule has 0 unspecified atom stereocenters. The number of hydrogen-bond acceptors (Lipinski definition) is 3. The number of hydrogen-bond donors (Lipinski definition) is 1. The summed E-state index contributed by atoms with van der Waals surface area (Å²) in [5.74, 6) is 1.38. The van der Waals surface area contributed by atoms with Crippen LogP contribution in [0.25, 0.3) is 0 Å². The molecule has 0 amide bonds. The predicted octanol–water partition coefficient (Wildman–Crippen LogP) is 6.86. The first kappa shape index (κ1) is 21.7. The molecule has 0 aliphatic carbocycles. The number of fused-ring (bicyclic) bond motifs is 1. The summed E-state index contributed by atoms with van der Waals surface area (Å²) < 4.78 is 8.26. The predicted molar refractivity (Wildman–Crippen MR) is 122 cm³/mol. The molecule has 0 spiro atoms. The first-order valence-corrected chi connectivity index (χ1v) is 11.1. The van der Waals surface area contributed by atoms with Gasteiger partial charge in [-0.1, -0.05) is 73.4 Å². The first-order chi connectivity index (χ1) is 12.9. The Hall–Kier alpha value is -1.04. The van der Waals surface area contributed by atoms with E-state index < -0.39 is 0 Å². The van der Waals surface area contributed by atoms with Gasteiger partial charge in [0.15, 0.2) is 0 Å². The third kappa shape index (κ3) is 4.58. The van der Waals surface area contributed by atoms with Crippen LogP contribution in [0.4, 0.5) is 0 Å². The van der Waals surface area contributed by atoms with E-state index in [0.29, 0.717) is 19.0 Å². The summed E-state index contributed by atoms with van der Waals surface area (Å²) in [6.07, 6.45) is 0. The van der Waals surface area contributed by atoms with Crippen molar-refractivity contribution in [1.29, 1.82) is 0 Å². The Morgan fingerprint density at radius 1 is 0.929 bits per heavy atom. The van der Waals surface area contributed by atoms with Crippen LogP contribution in [0, 0.1) is 0 Å². The third-order valence-electron chi connectivity index (χ3n) is 5.08. The summed E-state index contributed by atoms with van der Waals surface area (Å²) in [7, 11) is 0. The van der Waals surface area contributed by atoms with Crippen molar-refractivity contribution in [3.05, 3.63) is 55.5 Å². The van der Waals surface area contributed by atoms with E-state index in [9.17, 15) is 5.11 Å². The topological polar surface area (TPSA) is 32.7 Å². The molecule has 2 aromatic carbocycles. The quantitative estimate of drug-likeness (QED) is 0.478. The monoisotopic (exact) mass is 509 g/mol. The number of phenols is 1. The van der Waals surface area contributed by atoms with E-state index >= 15 is 0 Å². The first-order valence-electron chi connectivity index (χ1n) is 9.56. The van der Waals surface area contributed by atoms with Crippen LogP contribution in [0.5, 0.6) is 11.5 Å². The van der Waals surface area contributed by atoms with Crippen molar-refractivity contribution in [2.75, 3.05) is 6.73 Å². The number of aromatic hydroxyl groups is 1. The molecule has 1 aliphatic heterocycles. The van der Waals surface area contributed by atoms with Gasteiger partial charge in [0.1, 0.15) is 18.2 Å².